The first-order valence-electron chi connectivity index (χ1n) is 10.3. The monoisotopic (exact) mass is 368 g/mol. The predicted molar refractivity (Wildman–Crippen MR) is 104 cm³/mol. The van der Waals surface area contributed by atoms with Crippen molar-refractivity contribution in [2.75, 3.05) is 18.4 Å². The second-order valence-corrected chi connectivity index (χ2v) is 8.09. The molecule has 2 N–H and O–H groups in total. The molecule has 27 heavy (non-hydrogen) atoms. The number of nitrogens with one attached hydrogen (secondary N) is 2. The first-order valence-corrected chi connectivity index (χ1v) is 10.3. The summed E-state index contributed by atoms with van der Waals surface area (Å²) in [6.45, 7) is 5.22. The Morgan fingerprint density at radius 2 is 2.19 bits per heavy atom. The van der Waals surface area contributed by atoms with E-state index < -0.39 is 0 Å². The standard InChI is InChI=1S/C21H29N5O/c1-2-3-7-18-13-26(24-23-18)14-19-12-16-10-11-25(19)15-20(16)21(27)22-17-8-5-4-6-9-17/h4-6,8-9,13,16,19-20H,2-3,7,10-12,14-15H2,1H3,(H,22,27)/p+1/t16-,19-,20+/m1/s1. The lowest BCUT2D eigenvalue weighted by Gasteiger charge is -2.46. The zero-order chi connectivity index (χ0) is 18.6. The maximum absolute atomic E-state index is 12.8. The lowest BCUT2D eigenvalue weighted by molar-refractivity contribution is -0.945. The number of carbonyl (C=O) groups is 1. The van der Waals surface area contributed by atoms with Crippen LogP contribution in [0.15, 0.2) is 36.5 Å². The average molecular weight is 369 g/mol. The molecule has 5 rings (SSSR count). The maximum Gasteiger partial charge on any atom is 0.233 e. The lowest BCUT2D eigenvalue weighted by Crippen LogP contribution is -3.20. The minimum atomic E-state index is 0.126. The summed E-state index contributed by atoms with van der Waals surface area (Å²) in [6, 6.07) is 10.3. The first-order chi connectivity index (χ1) is 13.2. The van der Waals surface area contributed by atoms with Crippen LogP contribution in [-0.4, -0.2) is 40.0 Å². The highest BCUT2D eigenvalue weighted by Crippen LogP contribution is 2.28. The van der Waals surface area contributed by atoms with Gasteiger partial charge in [-0.1, -0.05) is 36.8 Å². The van der Waals surface area contributed by atoms with Gasteiger partial charge in [-0.25, -0.2) is 4.68 Å². The Bertz CT molecular complexity index is 759. The predicted octanol–water partition coefficient (Wildman–Crippen LogP) is 1.55. The summed E-state index contributed by atoms with van der Waals surface area (Å²) in [6.07, 6.45) is 7.73. The minimum absolute atomic E-state index is 0.126. The van der Waals surface area contributed by atoms with Crippen LogP contribution >= 0.6 is 0 Å². The van der Waals surface area contributed by atoms with Gasteiger partial charge in [0.1, 0.15) is 6.04 Å². The quantitative estimate of drug-likeness (QED) is 0.779. The highest BCUT2D eigenvalue weighted by molar-refractivity contribution is 5.92. The van der Waals surface area contributed by atoms with Crippen LogP contribution < -0.4 is 10.2 Å². The van der Waals surface area contributed by atoms with Crippen molar-refractivity contribution >= 4 is 11.6 Å². The van der Waals surface area contributed by atoms with Crippen molar-refractivity contribution in [2.45, 2.75) is 51.6 Å². The molecule has 0 saturated carbocycles. The van der Waals surface area contributed by atoms with Gasteiger partial charge in [-0.3, -0.25) is 4.79 Å². The van der Waals surface area contributed by atoms with Crippen LogP contribution in [0.25, 0.3) is 0 Å². The SMILES string of the molecule is CCCCc1cn(C[C@H]2C[C@H]3CC[NH+]2C[C@@H]3C(=O)Nc2ccccc2)nn1. The lowest BCUT2D eigenvalue weighted by atomic mass is 9.75. The molecule has 6 nitrogen and oxygen atoms in total. The Balaban J connectivity index is 1.34. The van der Waals surface area contributed by atoms with Gasteiger partial charge in [0.25, 0.3) is 0 Å². The summed E-state index contributed by atoms with van der Waals surface area (Å²) in [5.74, 6) is 0.796. The van der Waals surface area contributed by atoms with Crippen LogP contribution in [0.3, 0.4) is 0 Å². The number of aryl methyl sites for hydroxylation is 1. The molecule has 3 saturated heterocycles. The molecule has 144 valence electrons. The van der Waals surface area contributed by atoms with E-state index in [9.17, 15) is 4.79 Å². The first kappa shape index (κ1) is 18.2. The molecule has 2 aromatic rings. The second kappa shape index (κ2) is 8.21. The molecule has 6 heteroatoms. The third kappa shape index (κ3) is 4.21. The van der Waals surface area contributed by atoms with Crippen molar-refractivity contribution in [3.8, 4) is 0 Å². The number of nitrogens with zero attached hydrogens (tertiary/aromatic N) is 3. The van der Waals surface area contributed by atoms with E-state index in [4.69, 9.17) is 0 Å². The molecule has 3 fully saturated rings. The molecule has 1 aromatic heterocycles. The number of piperidine rings is 3. The number of unbranched alkanes of at least 4 members (excludes halogenated alkanes) is 1. The van der Waals surface area contributed by atoms with Crippen molar-refractivity contribution in [1.29, 1.82) is 0 Å². The van der Waals surface area contributed by atoms with Crippen LogP contribution in [-0.2, 0) is 17.8 Å². The number of carbonyl (C=O) groups excluding carboxylic acids is 1. The Morgan fingerprint density at radius 3 is 2.93 bits per heavy atom. The number of hydrogen-bond donors (Lipinski definition) is 2. The van der Waals surface area contributed by atoms with Crippen molar-refractivity contribution in [2.24, 2.45) is 11.8 Å². The molecule has 1 amide bonds. The van der Waals surface area contributed by atoms with E-state index in [0.717, 1.165) is 43.7 Å². The van der Waals surface area contributed by atoms with Gasteiger partial charge in [0, 0.05) is 24.7 Å². The molecule has 0 radical (unpaired) electrons. The summed E-state index contributed by atoms with van der Waals surface area (Å²) in [4.78, 5) is 14.3. The van der Waals surface area contributed by atoms with E-state index in [0.29, 0.717) is 12.0 Å². The van der Waals surface area contributed by atoms with E-state index in [1.54, 1.807) is 4.90 Å². The topological polar surface area (TPSA) is 64.2 Å². The number of hydrogen-bond acceptors (Lipinski definition) is 3. The van der Waals surface area contributed by atoms with Crippen molar-refractivity contribution < 1.29 is 9.69 Å². The normalized spacial score (nSPS) is 26.9. The fourth-order valence-corrected chi connectivity index (χ4v) is 4.70. The van der Waals surface area contributed by atoms with E-state index in [1.165, 1.54) is 19.4 Å². The highest BCUT2D eigenvalue weighted by Gasteiger charge is 2.46. The van der Waals surface area contributed by atoms with Gasteiger partial charge in [0.05, 0.1) is 31.2 Å². The van der Waals surface area contributed by atoms with Crippen LogP contribution in [0.4, 0.5) is 5.69 Å². The van der Waals surface area contributed by atoms with Gasteiger partial charge >= 0.3 is 0 Å². The number of anilines is 1. The van der Waals surface area contributed by atoms with Crippen molar-refractivity contribution in [3.05, 3.63) is 42.2 Å². The summed E-state index contributed by atoms with van der Waals surface area (Å²) in [7, 11) is 0. The fourth-order valence-electron chi connectivity index (χ4n) is 4.70. The Kier molecular flexibility index (Phi) is 5.53. The Morgan fingerprint density at radius 1 is 1.33 bits per heavy atom. The van der Waals surface area contributed by atoms with Crippen LogP contribution in [0, 0.1) is 11.8 Å². The minimum Gasteiger partial charge on any atom is -0.330 e. The molecule has 4 heterocycles. The van der Waals surface area contributed by atoms with E-state index in [-0.39, 0.29) is 11.8 Å². The van der Waals surface area contributed by atoms with Gasteiger partial charge in [0.15, 0.2) is 0 Å². The van der Waals surface area contributed by atoms with E-state index in [2.05, 4.69) is 28.7 Å². The number of fused-ring (bicyclic) bond motifs is 3. The number of rotatable bonds is 7. The number of amides is 1. The molecule has 3 aliphatic rings. The fraction of sp³-hybridized carbons (Fsp3) is 0.571. The largest absolute Gasteiger partial charge is 0.330 e. The summed E-state index contributed by atoms with van der Waals surface area (Å²) in [5, 5.41) is 11.7. The van der Waals surface area contributed by atoms with Crippen LogP contribution in [0.5, 0.6) is 0 Å². The van der Waals surface area contributed by atoms with E-state index >= 15 is 0 Å². The van der Waals surface area contributed by atoms with Crippen molar-refractivity contribution in [1.82, 2.24) is 15.0 Å². The van der Waals surface area contributed by atoms with Gasteiger partial charge in [0.2, 0.25) is 5.91 Å². The van der Waals surface area contributed by atoms with Gasteiger partial charge in [-0.05, 0) is 30.9 Å². The summed E-state index contributed by atoms with van der Waals surface area (Å²) in [5.41, 5.74) is 2.00. The second-order valence-electron chi connectivity index (χ2n) is 8.09. The molecule has 1 aromatic carbocycles. The molecule has 0 aliphatic carbocycles. The molecule has 3 aliphatic heterocycles. The third-order valence-corrected chi connectivity index (χ3v) is 6.21. The van der Waals surface area contributed by atoms with Gasteiger partial charge in [-0.2, -0.15) is 0 Å². The molecule has 2 bridgehead atoms. The smallest absolute Gasteiger partial charge is 0.233 e. The number of aromatic nitrogens is 3. The zero-order valence-electron chi connectivity index (χ0n) is 16.1. The number of benzene rings is 1. The highest BCUT2D eigenvalue weighted by atomic mass is 16.2. The van der Waals surface area contributed by atoms with Crippen LogP contribution in [0.1, 0.15) is 38.3 Å². The molecule has 0 spiro atoms. The van der Waals surface area contributed by atoms with Gasteiger partial charge < -0.3 is 10.2 Å². The van der Waals surface area contributed by atoms with Crippen LogP contribution in [0.2, 0.25) is 0 Å². The number of quaternary nitrogens is 1. The summed E-state index contributed by atoms with van der Waals surface area (Å²) < 4.78 is 2.02. The Hall–Kier alpha value is -2.21. The van der Waals surface area contributed by atoms with Gasteiger partial charge in [-0.15, -0.1) is 5.10 Å². The molecular formula is C21H30N5O+. The van der Waals surface area contributed by atoms with Crippen molar-refractivity contribution in [3.63, 3.8) is 0 Å². The van der Waals surface area contributed by atoms with E-state index in [1.807, 2.05) is 35.0 Å². The Labute approximate surface area is 160 Å². The molecule has 1 unspecified atom stereocenters. The zero-order valence-corrected chi connectivity index (χ0v) is 16.1. The summed E-state index contributed by atoms with van der Waals surface area (Å²) >= 11 is 0. The average Bonchev–Trinajstić information content (AvgIpc) is 3.15. The maximum atomic E-state index is 12.8. The molecule has 4 atom stereocenters. The number of para-hydroxylation sites is 1. The third-order valence-electron chi connectivity index (χ3n) is 6.21. The molecular weight excluding hydrogens is 338 g/mol.